The van der Waals surface area contributed by atoms with E-state index in [9.17, 15) is 14.0 Å². The molecule has 2 N–H and O–H groups in total. The third-order valence-corrected chi connectivity index (χ3v) is 4.69. The lowest BCUT2D eigenvalue weighted by Gasteiger charge is -2.09. The maximum Gasteiger partial charge on any atom is 0.341 e. The maximum absolute atomic E-state index is 13.8. The molecule has 0 aliphatic carbocycles. The summed E-state index contributed by atoms with van der Waals surface area (Å²) < 4.78 is 20.4. The molecule has 1 amide bonds. The van der Waals surface area contributed by atoms with Crippen LogP contribution in [-0.4, -0.2) is 29.8 Å². The molecular weight excluding hydrogens is 583 g/mol. The van der Waals surface area contributed by atoms with Crippen molar-refractivity contribution in [3.63, 3.8) is 0 Å². The molecule has 0 fully saturated rings. The number of nitrogens with one attached hydrogen (secondary N) is 1. The van der Waals surface area contributed by atoms with Gasteiger partial charge < -0.3 is 9.84 Å². The molecule has 0 heterocycles. The average Bonchev–Trinajstić information content (AvgIpc) is 2.60. The molecule has 138 valence electrons. The topological polar surface area (TPSA) is 112 Å². The second-order valence-electron chi connectivity index (χ2n) is 5.00. The predicted octanol–water partition coefficient (Wildman–Crippen LogP) is 3.13. The normalized spacial score (nSPS) is 10.4. The number of rotatable bonds is 6. The summed E-state index contributed by atoms with van der Waals surface area (Å²) in [4.78, 5) is 22.6. The minimum atomic E-state index is -1.08. The Labute approximate surface area is 180 Å². The summed E-state index contributed by atoms with van der Waals surface area (Å²) in [6.07, 6.45) is 1.37. The van der Waals surface area contributed by atoms with E-state index in [-0.39, 0.29) is 11.1 Å². The molecule has 0 aliphatic rings. The van der Waals surface area contributed by atoms with Gasteiger partial charge in [0.05, 0.1) is 30.6 Å². The smallest absolute Gasteiger partial charge is 0.341 e. The van der Waals surface area contributed by atoms with Crippen LogP contribution >= 0.6 is 45.2 Å². The lowest BCUT2D eigenvalue weighted by molar-refractivity contribution is -0.139. The monoisotopic (exact) mass is 593 g/mol. The highest BCUT2D eigenvalue weighted by Crippen LogP contribution is 2.28. The van der Waals surface area contributed by atoms with Crippen molar-refractivity contribution in [3.05, 3.63) is 60.0 Å². The van der Waals surface area contributed by atoms with Crippen molar-refractivity contribution in [1.29, 1.82) is 5.26 Å². The zero-order valence-corrected chi connectivity index (χ0v) is 17.7. The first-order valence-corrected chi connectivity index (χ1v) is 9.34. The zero-order chi connectivity index (χ0) is 20.0. The maximum atomic E-state index is 13.8. The summed E-state index contributed by atoms with van der Waals surface area (Å²) in [6.45, 7) is -0.453. The Balaban J connectivity index is 2.09. The number of benzene rings is 2. The molecule has 0 aliphatic heterocycles. The molecule has 2 aromatic carbocycles. The Kier molecular flexibility index (Phi) is 7.48. The molecule has 0 atom stereocenters. The van der Waals surface area contributed by atoms with Crippen LogP contribution < -0.4 is 10.2 Å². The van der Waals surface area contributed by atoms with Gasteiger partial charge in [-0.05, 0) is 81.1 Å². The van der Waals surface area contributed by atoms with Crippen molar-refractivity contribution >= 4 is 63.3 Å². The van der Waals surface area contributed by atoms with Crippen LogP contribution in [0.2, 0.25) is 0 Å². The van der Waals surface area contributed by atoms with Crippen molar-refractivity contribution in [3.8, 4) is 11.8 Å². The second kappa shape index (κ2) is 9.60. The van der Waals surface area contributed by atoms with Crippen LogP contribution in [0.1, 0.15) is 21.5 Å². The summed E-state index contributed by atoms with van der Waals surface area (Å²) in [7, 11) is 0. The van der Waals surface area contributed by atoms with E-state index in [1.807, 2.05) is 45.2 Å². The van der Waals surface area contributed by atoms with E-state index in [4.69, 9.17) is 15.1 Å². The Morgan fingerprint density at radius 1 is 1.30 bits per heavy atom. The highest BCUT2D eigenvalue weighted by Gasteiger charge is 2.12. The SMILES string of the molecule is N#Cc1ccc(C(=O)N/N=C\c2cc(I)c(OCC(=O)O)c(I)c2)c(F)c1. The van der Waals surface area contributed by atoms with E-state index >= 15 is 0 Å². The van der Waals surface area contributed by atoms with Crippen LogP contribution in [0, 0.1) is 24.3 Å². The molecular formula is C17H10FI2N3O4. The largest absolute Gasteiger partial charge is 0.480 e. The highest BCUT2D eigenvalue weighted by atomic mass is 127. The van der Waals surface area contributed by atoms with E-state index in [1.165, 1.54) is 18.3 Å². The number of nitrogens with zero attached hydrogens (tertiary/aromatic N) is 2. The van der Waals surface area contributed by atoms with Crippen LogP contribution in [-0.2, 0) is 4.79 Å². The average molecular weight is 593 g/mol. The van der Waals surface area contributed by atoms with Gasteiger partial charge in [0, 0.05) is 0 Å². The molecule has 2 aromatic rings. The number of amides is 1. The lowest BCUT2D eigenvalue weighted by Crippen LogP contribution is -2.19. The van der Waals surface area contributed by atoms with E-state index in [0.29, 0.717) is 18.5 Å². The van der Waals surface area contributed by atoms with E-state index < -0.39 is 24.3 Å². The third kappa shape index (κ3) is 5.86. The number of hydrogen-bond donors (Lipinski definition) is 2. The van der Waals surface area contributed by atoms with Crippen molar-refractivity contribution in [1.82, 2.24) is 5.43 Å². The number of hydrazone groups is 1. The van der Waals surface area contributed by atoms with Gasteiger partial charge in [0.2, 0.25) is 0 Å². The van der Waals surface area contributed by atoms with Crippen LogP contribution in [0.4, 0.5) is 4.39 Å². The summed E-state index contributed by atoms with van der Waals surface area (Å²) >= 11 is 3.99. The quantitative estimate of drug-likeness (QED) is 0.304. The predicted molar refractivity (Wildman–Crippen MR) is 111 cm³/mol. The van der Waals surface area contributed by atoms with Crippen LogP contribution in [0.15, 0.2) is 35.4 Å². The van der Waals surface area contributed by atoms with Crippen molar-refractivity contribution < 1.29 is 23.8 Å². The van der Waals surface area contributed by atoms with Gasteiger partial charge in [-0.2, -0.15) is 10.4 Å². The van der Waals surface area contributed by atoms with Gasteiger partial charge in [-0.15, -0.1) is 0 Å². The van der Waals surface area contributed by atoms with E-state index in [2.05, 4.69) is 10.5 Å². The Morgan fingerprint density at radius 2 is 1.96 bits per heavy atom. The Hall–Kier alpha value is -2.27. The van der Waals surface area contributed by atoms with Crippen molar-refractivity contribution in [2.24, 2.45) is 5.10 Å². The number of halogens is 3. The van der Waals surface area contributed by atoms with Crippen LogP contribution in [0.25, 0.3) is 0 Å². The summed E-state index contributed by atoms with van der Waals surface area (Å²) in [6, 6.07) is 8.68. The number of carboxylic acids is 1. The molecule has 0 saturated heterocycles. The van der Waals surface area contributed by atoms with Gasteiger partial charge in [0.1, 0.15) is 11.6 Å². The molecule has 0 spiro atoms. The van der Waals surface area contributed by atoms with Gasteiger partial charge >= 0.3 is 5.97 Å². The molecule has 10 heteroatoms. The fourth-order valence-corrected chi connectivity index (χ4v) is 4.05. The zero-order valence-electron chi connectivity index (χ0n) is 13.4. The number of hydrogen-bond acceptors (Lipinski definition) is 5. The summed E-state index contributed by atoms with van der Waals surface area (Å²) in [5.41, 5.74) is 2.73. The van der Waals surface area contributed by atoms with Crippen molar-refractivity contribution in [2.45, 2.75) is 0 Å². The molecule has 0 unspecified atom stereocenters. The molecule has 0 bridgehead atoms. The molecule has 0 saturated carbocycles. The first-order valence-electron chi connectivity index (χ1n) is 7.18. The molecule has 0 radical (unpaired) electrons. The van der Waals surface area contributed by atoms with Gasteiger partial charge in [-0.3, -0.25) is 4.79 Å². The van der Waals surface area contributed by atoms with Gasteiger partial charge in [-0.1, -0.05) is 0 Å². The molecule has 2 rings (SSSR count). The number of nitriles is 1. The van der Waals surface area contributed by atoms with Gasteiger partial charge in [0.15, 0.2) is 6.61 Å². The summed E-state index contributed by atoms with van der Waals surface area (Å²) in [5, 5.41) is 21.2. The number of carbonyl (C=O) groups excluding carboxylic acids is 1. The lowest BCUT2D eigenvalue weighted by atomic mass is 10.1. The van der Waals surface area contributed by atoms with Crippen LogP contribution in [0.3, 0.4) is 0 Å². The van der Waals surface area contributed by atoms with E-state index in [1.54, 1.807) is 18.2 Å². The fraction of sp³-hybridized carbons (Fsp3) is 0.0588. The van der Waals surface area contributed by atoms with E-state index in [0.717, 1.165) is 6.07 Å². The fourth-order valence-electron chi connectivity index (χ4n) is 1.92. The number of aliphatic carboxylic acids is 1. The number of carbonyl (C=O) groups is 2. The summed E-state index contributed by atoms with van der Waals surface area (Å²) in [5.74, 6) is -2.20. The first-order chi connectivity index (χ1) is 12.8. The Bertz CT molecular complexity index is 950. The number of carboxylic acid groups (broad SMARTS) is 1. The third-order valence-electron chi connectivity index (χ3n) is 3.08. The van der Waals surface area contributed by atoms with Crippen LogP contribution in [0.5, 0.6) is 5.75 Å². The Morgan fingerprint density at radius 3 is 2.52 bits per heavy atom. The standard InChI is InChI=1S/C17H10FI2N3O4/c18-12-3-9(6-21)1-2-11(12)17(26)23-22-7-10-4-13(19)16(14(20)5-10)27-8-15(24)25/h1-5,7H,8H2,(H,23,26)(H,24,25)/b22-7-. The minimum Gasteiger partial charge on any atom is -0.480 e. The molecule has 27 heavy (non-hydrogen) atoms. The second-order valence-corrected chi connectivity index (χ2v) is 7.33. The molecule has 0 aromatic heterocycles. The van der Waals surface area contributed by atoms with Gasteiger partial charge in [-0.25, -0.2) is 14.6 Å². The minimum absolute atomic E-state index is 0.113. The molecule has 7 nitrogen and oxygen atoms in total. The van der Waals surface area contributed by atoms with Crippen molar-refractivity contribution in [2.75, 3.05) is 6.61 Å². The first kappa shape index (κ1) is 21.0. The highest BCUT2D eigenvalue weighted by molar-refractivity contribution is 14.1. The number of ether oxygens (including phenoxy) is 1. The van der Waals surface area contributed by atoms with Gasteiger partial charge in [0.25, 0.3) is 5.91 Å².